The van der Waals surface area contributed by atoms with E-state index in [9.17, 15) is 9.59 Å². The number of ether oxygens (including phenoxy) is 1. The quantitative estimate of drug-likeness (QED) is 0.251. The van der Waals surface area contributed by atoms with Crippen LogP contribution in [0.5, 0.6) is 5.75 Å². The van der Waals surface area contributed by atoms with Gasteiger partial charge < -0.3 is 20.5 Å². The molecule has 2 atom stereocenters. The largest absolute Gasteiger partial charge is 0.480 e. The molecule has 3 N–H and O–H groups in total. The smallest absolute Gasteiger partial charge is 0.329 e. The predicted octanol–water partition coefficient (Wildman–Crippen LogP) is 1.54. The number of carbonyl (C=O) groups is 2. The number of aryl methyl sites for hydroxylation is 1. The summed E-state index contributed by atoms with van der Waals surface area (Å²) in [7, 11) is 6.15. The minimum absolute atomic E-state index is 0.354. The molecular formula is C15H22N2O4S2. The van der Waals surface area contributed by atoms with Gasteiger partial charge in [0.05, 0.1) is 0 Å². The molecule has 0 saturated carbocycles. The zero-order valence-corrected chi connectivity index (χ0v) is 15.0. The third kappa shape index (κ3) is 7.26. The lowest BCUT2D eigenvalue weighted by Gasteiger charge is -2.15. The lowest BCUT2D eigenvalue weighted by molar-refractivity contribution is -0.138. The maximum absolute atomic E-state index is 12.1. The first-order valence-electron chi connectivity index (χ1n) is 7.08. The van der Waals surface area contributed by atoms with E-state index in [-0.39, 0.29) is 5.97 Å². The van der Waals surface area contributed by atoms with Crippen molar-refractivity contribution in [2.24, 2.45) is 0 Å². The van der Waals surface area contributed by atoms with Gasteiger partial charge in [0.15, 0.2) is 0 Å². The molecule has 0 aliphatic carbocycles. The Bertz CT molecular complexity index is 511. The molecule has 1 aromatic rings. The molecule has 128 valence electrons. The summed E-state index contributed by atoms with van der Waals surface area (Å²) < 4.78 is 5.33. The van der Waals surface area contributed by atoms with Crippen LogP contribution >= 0.6 is 21.6 Å². The SMILES string of the molecule is CNC(CSSCC(NC)C(=O)Oc1ccc(C)cc1)C(=O)O. The Balaban J connectivity index is 2.39. The molecular weight excluding hydrogens is 336 g/mol. The van der Waals surface area contributed by atoms with Crippen molar-refractivity contribution in [3.05, 3.63) is 29.8 Å². The number of esters is 1. The van der Waals surface area contributed by atoms with Gasteiger partial charge >= 0.3 is 11.9 Å². The van der Waals surface area contributed by atoms with Crippen LogP contribution < -0.4 is 15.4 Å². The summed E-state index contributed by atoms with van der Waals surface area (Å²) in [5, 5.41) is 14.6. The standard InChI is InChI=1S/C15H22N2O4S2/c1-10-4-6-11(7-5-10)21-15(20)13(17-3)9-23-22-8-12(16-2)14(18)19/h4-7,12-13,16-17H,8-9H2,1-3H3,(H,18,19). The van der Waals surface area contributed by atoms with Gasteiger partial charge in [0.1, 0.15) is 17.8 Å². The third-order valence-electron chi connectivity index (χ3n) is 3.07. The van der Waals surface area contributed by atoms with Crippen LogP contribution in [0, 0.1) is 6.92 Å². The van der Waals surface area contributed by atoms with E-state index in [4.69, 9.17) is 9.84 Å². The van der Waals surface area contributed by atoms with Crippen LogP contribution in [0.2, 0.25) is 0 Å². The first-order valence-corrected chi connectivity index (χ1v) is 9.56. The van der Waals surface area contributed by atoms with Gasteiger partial charge in [0.25, 0.3) is 0 Å². The summed E-state index contributed by atoms with van der Waals surface area (Å²) in [5.41, 5.74) is 1.10. The lowest BCUT2D eigenvalue weighted by atomic mass is 10.2. The molecule has 0 radical (unpaired) electrons. The molecule has 8 heteroatoms. The first-order chi connectivity index (χ1) is 11.0. The van der Waals surface area contributed by atoms with E-state index in [1.54, 1.807) is 26.2 Å². The molecule has 0 fully saturated rings. The van der Waals surface area contributed by atoms with Crippen molar-refractivity contribution < 1.29 is 19.4 Å². The van der Waals surface area contributed by atoms with Gasteiger partial charge in [0, 0.05) is 11.5 Å². The number of aliphatic carboxylic acids is 1. The fraction of sp³-hybridized carbons (Fsp3) is 0.467. The number of hydrogen-bond acceptors (Lipinski definition) is 7. The van der Waals surface area contributed by atoms with Gasteiger partial charge in [-0.05, 0) is 33.2 Å². The Morgan fingerprint density at radius 1 is 1.09 bits per heavy atom. The summed E-state index contributed by atoms with van der Waals surface area (Å²) in [6.07, 6.45) is 0. The normalized spacial score (nSPS) is 13.3. The average Bonchev–Trinajstić information content (AvgIpc) is 2.52. The first kappa shape index (κ1) is 19.8. The van der Waals surface area contributed by atoms with Crippen LogP contribution in [0.25, 0.3) is 0 Å². The number of carboxylic acids is 1. The molecule has 6 nitrogen and oxygen atoms in total. The Morgan fingerprint density at radius 2 is 1.61 bits per heavy atom. The number of carboxylic acid groups (broad SMARTS) is 1. The number of nitrogens with one attached hydrogen (secondary N) is 2. The zero-order chi connectivity index (χ0) is 17.2. The van der Waals surface area contributed by atoms with E-state index in [1.807, 2.05) is 19.1 Å². The highest BCUT2D eigenvalue weighted by molar-refractivity contribution is 8.76. The molecule has 0 aromatic heterocycles. The van der Waals surface area contributed by atoms with Crippen molar-refractivity contribution in [1.29, 1.82) is 0 Å². The summed E-state index contributed by atoms with van der Waals surface area (Å²) in [6, 6.07) is 6.22. The van der Waals surface area contributed by atoms with Crippen molar-refractivity contribution in [1.82, 2.24) is 10.6 Å². The van der Waals surface area contributed by atoms with E-state index in [2.05, 4.69) is 10.6 Å². The van der Waals surface area contributed by atoms with Crippen molar-refractivity contribution >= 4 is 33.5 Å². The molecule has 0 saturated heterocycles. The van der Waals surface area contributed by atoms with E-state index in [1.165, 1.54) is 21.6 Å². The molecule has 2 unspecified atom stereocenters. The summed E-state index contributed by atoms with van der Waals surface area (Å²) >= 11 is 0. The maximum Gasteiger partial charge on any atom is 0.329 e. The molecule has 0 spiro atoms. The van der Waals surface area contributed by atoms with Crippen molar-refractivity contribution in [3.63, 3.8) is 0 Å². The monoisotopic (exact) mass is 358 g/mol. The summed E-state index contributed by atoms with van der Waals surface area (Å²) in [5.74, 6) is 0.180. The van der Waals surface area contributed by atoms with Crippen molar-refractivity contribution in [2.45, 2.75) is 19.0 Å². The zero-order valence-electron chi connectivity index (χ0n) is 13.4. The van der Waals surface area contributed by atoms with Crippen LogP contribution in [0.1, 0.15) is 5.56 Å². The van der Waals surface area contributed by atoms with Crippen LogP contribution in [0.15, 0.2) is 24.3 Å². The van der Waals surface area contributed by atoms with E-state index >= 15 is 0 Å². The summed E-state index contributed by atoms with van der Waals surface area (Å²) in [6.45, 7) is 1.96. The second kappa shape index (κ2) is 10.5. The van der Waals surface area contributed by atoms with Gasteiger partial charge in [-0.1, -0.05) is 39.3 Å². The van der Waals surface area contributed by atoms with E-state index in [0.29, 0.717) is 17.3 Å². The molecule has 0 amide bonds. The average molecular weight is 358 g/mol. The third-order valence-corrected chi connectivity index (χ3v) is 5.49. The highest BCUT2D eigenvalue weighted by atomic mass is 33.1. The van der Waals surface area contributed by atoms with Crippen molar-refractivity contribution in [2.75, 3.05) is 25.6 Å². The van der Waals surface area contributed by atoms with Crippen molar-refractivity contribution in [3.8, 4) is 5.75 Å². The maximum atomic E-state index is 12.1. The fourth-order valence-electron chi connectivity index (χ4n) is 1.57. The fourth-order valence-corrected chi connectivity index (χ4v) is 4.04. The molecule has 0 bridgehead atoms. The molecule has 0 aliphatic rings. The minimum Gasteiger partial charge on any atom is -0.480 e. The Labute approximate surface area is 144 Å². The highest BCUT2D eigenvalue weighted by Crippen LogP contribution is 2.23. The summed E-state index contributed by atoms with van der Waals surface area (Å²) in [4.78, 5) is 23.0. The van der Waals surface area contributed by atoms with Crippen LogP contribution in [-0.2, 0) is 9.59 Å². The molecule has 0 heterocycles. The Morgan fingerprint density at radius 3 is 2.09 bits per heavy atom. The van der Waals surface area contributed by atoms with E-state index in [0.717, 1.165) is 5.56 Å². The molecule has 1 aromatic carbocycles. The number of hydrogen-bond donors (Lipinski definition) is 3. The Kier molecular flexibility index (Phi) is 9.08. The molecule has 23 heavy (non-hydrogen) atoms. The van der Waals surface area contributed by atoms with Crippen LogP contribution in [-0.4, -0.2) is 54.7 Å². The van der Waals surface area contributed by atoms with E-state index < -0.39 is 18.1 Å². The number of likely N-dealkylation sites (N-methyl/N-ethyl adjacent to an activating group) is 2. The van der Waals surface area contributed by atoms with Gasteiger partial charge in [-0.15, -0.1) is 0 Å². The molecule has 1 rings (SSSR count). The molecule has 0 aliphatic heterocycles. The minimum atomic E-state index is -0.885. The van der Waals surface area contributed by atoms with Gasteiger partial charge in [-0.25, -0.2) is 4.79 Å². The Hall–Kier alpha value is -1.22. The topological polar surface area (TPSA) is 87.7 Å². The lowest BCUT2D eigenvalue weighted by Crippen LogP contribution is -2.39. The highest BCUT2D eigenvalue weighted by Gasteiger charge is 2.20. The van der Waals surface area contributed by atoms with Crippen LogP contribution in [0.3, 0.4) is 0 Å². The van der Waals surface area contributed by atoms with Crippen LogP contribution in [0.4, 0.5) is 0 Å². The number of benzene rings is 1. The predicted molar refractivity (Wildman–Crippen MR) is 95.1 cm³/mol. The second-order valence-corrected chi connectivity index (χ2v) is 7.38. The van der Waals surface area contributed by atoms with Gasteiger partial charge in [-0.3, -0.25) is 4.79 Å². The number of carbonyl (C=O) groups excluding carboxylic acids is 1. The second-order valence-electron chi connectivity index (χ2n) is 4.82. The number of rotatable bonds is 10. The van der Waals surface area contributed by atoms with Gasteiger partial charge in [-0.2, -0.15) is 0 Å². The van der Waals surface area contributed by atoms with Gasteiger partial charge in [0.2, 0.25) is 0 Å².